The third-order valence-corrected chi connectivity index (χ3v) is 5.99. The Kier molecular flexibility index (Phi) is 5.82. The second-order valence-corrected chi connectivity index (χ2v) is 8.38. The van der Waals surface area contributed by atoms with Crippen molar-refractivity contribution in [2.45, 2.75) is 12.3 Å². The lowest BCUT2D eigenvalue weighted by Crippen LogP contribution is -2.15. The molecule has 0 saturated heterocycles. The summed E-state index contributed by atoms with van der Waals surface area (Å²) in [4.78, 5) is 17.1. The van der Waals surface area contributed by atoms with Crippen molar-refractivity contribution in [2.75, 3.05) is 11.9 Å². The highest BCUT2D eigenvalue weighted by atomic mass is 35.5. The Hall–Kier alpha value is -4.03. The molecule has 0 spiro atoms. The zero-order valence-corrected chi connectivity index (χ0v) is 18.9. The van der Waals surface area contributed by atoms with E-state index in [0.29, 0.717) is 46.7 Å². The topological polar surface area (TPSA) is 80.7 Å². The average molecular weight is 473 g/mol. The highest BCUT2D eigenvalue weighted by Crippen LogP contribution is 2.43. The number of hydrogen-bond acceptors (Lipinski definition) is 5. The smallest absolute Gasteiger partial charge is 0.256 e. The van der Waals surface area contributed by atoms with Crippen molar-refractivity contribution in [2.24, 2.45) is 0 Å². The molecule has 0 fully saturated rings. The summed E-state index contributed by atoms with van der Waals surface area (Å²) in [5.41, 5.74) is 2.06. The Morgan fingerprint density at radius 2 is 1.91 bits per heavy atom. The van der Waals surface area contributed by atoms with E-state index in [1.807, 2.05) is 30.3 Å². The number of ether oxygens (including phenoxy) is 2. The molecule has 1 aliphatic rings. The maximum atomic E-state index is 12.7. The van der Waals surface area contributed by atoms with Gasteiger partial charge in [-0.2, -0.15) is 0 Å². The summed E-state index contributed by atoms with van der Waals surface area (Å²) in [6.07, 6.45) is 0.636. The lowest BCUT2D eigenvalue weighted by molar-refractivity contribution is 0.102. The number of fused-ring (bicyclic) bond motifs is 2. The van der Waals surface area contributed by atoms with Gasteiger partial charge in [0.15, 0.2) is 0 Å². The van der Waals surface area contributed by atoms with Crippen molar-refractivity contribution in [1.82, 2.24) is 4.98 Å². The number of aromatic nitrogens is 1. The standard InChI is InChI=1S/C27H21ClN2O4/c1-16(31)20-12-13-33-24-15-25(22(28)14-21(20)24)34-19-9-6-18(7-10-19)27(32)30-26-11-8-17-4-2-3-5-23(17)29-26/h2-11,14-15,20,31H,1,12-13H2,(H,29,30,32). The largest absolute Gasteiger partial charge is 0.512 e. The third-order valence-electron chi connectivity index (χ3n) is 5.69. The van der Waals surface area contributed by atoms with Crippen LogP contribution in [0.3, 0.4) is 0 Å². The first kappa shape index (κ1) is 21.8. The fourth-order valence-electron chi connectivity index (χ4n) is 3.94. The van der Waals surface area contributed by atoms with Gasteiger partial charge in [-0.1, -0.05) is 36.4 Å². The average Bonchev–Trinajstić information content (AvgIpc) is 2.84. The SMILES string of the molecule is C=C(O)C1CCOc2cc(Oc3ccc(C(=O)Nc4ccc5ccccc5n4)cc3)c(Cl)cc21. The fraction of sp³-hybridized carbons (Fsp3) is 0.111. The number of aliphatic hydroxyl groups is 1. The second-order valence-electron chi connectivity index (χ2n) is 7.97. The molecule has 7 heteroatoms. The Morgan fingerprint density at radius 1 is 1.12 bits per heavy atom. The van der Waals surface area contributed by atoms with E-state index in [9.17, 15) is 9.90 Å². The predicted molar refractivity (Wildman–Crippen MR) is 132 cm³/mol. The van der Waals surface area contributed by atoms with E-state index in [1.54, 1.807) is 42.5 Å². The summed E-state index contributed by atoms with van der Waals surface area (Å²) in [7, 11) is 0. The molecular weight excluding hydrogens is 452 g/mol. The van der Waals surface area contributed by atoms with Crippen molar-refractivity contribution in [3.05, 3.63) is 101 Å². The van der Waals surface area contributed by atoms with Gasteiger partial charge in [-0.15, -0.1) is 0 Å². The molecule has 5 rings (SSSR count). The van der Waals surface area contributed by atoms with E-state index in [1.165, 1.54) is 0 Å². The van der Waals surface area contributed by atoms with Crippen LogP contribution in [0.5, 0.6) is 17.2 Å². The number of benzene rings is 3. The van der Waals surface area contributed by atoms with Crippen LogP contribution < -0.4 is 14.8 Å². The zero-order valence-electron chi connectivity index (χ0n) is 18.1. The second kappa shape index (κ2) is 9.08. The van der Waals surface area contributed by atoms with Gasteiger partial charge >= 0.3 is 0 Å². The fourth-order valence-corrected chi connectivity index (χ4v) is 4.15. The highest BCUT2D eigenvalue weighted by Gasteiger charge is 2.26. The Morgan fingerprint density at radius 3 is 2.71 bits per heavy atom. The van der Waals surface area contributed by atoms with Crippen LogP contribution >= 0.6 is 11.6 Å². The molecule has 2 heterocycles. The minimum Gasteiger partial charge on any atom is -0.512 e. The van der Waals surface area contributed by atoms with Crippen molar-refractivity contribution in [3.63, 3.8) is 0 Å². The molecule has 1 atom stereocenters. The van der Waals surface area contributed by atoms with Crippen LogP contribution in [0.15, 0.2) is 85.1 Å². The van der Waals surface area contributed by atoms with Gasteiger partial charge < -0.3 is 19.9 Å². The number of halogens is 1. The molecular formula is C27H21ClN2O4. The van der Waals surface area contributed by atoms with Crippen LogP contribution in [0.25, 0.3) is 10.9 Å². The zero-order chi connectivity index (χ0) is 23.7. The van der Waals surface area contributed by atoms with E-state index >= 15 is 0 Å². The molecule has 0 bridgehead atoms. The summed E-state index contributed by atoms with van der Waals surface area (Å²) in [6, 6.07) is 21.6. The Labute approximate surface area is 201 Å². The molecule has 3 aromatic carbocycles. The number of allylic oxidation sites excluding steroid dienone is 1. The molecule has 1 amide bonds. The van der Waals surface area contributed by atoms with Crippen molar-refractivity contribution >= 4 is 34.2 Å². The number of pyridine rings is 1. The maximum Gasteiger partial charge on any atom is 0.256 e. The normalized spacial score (nSPS) is 14.7. The number of nitrogens with one attached hydrogen (secondary N) is 1. The monoisotopic (exact) mass is 472 g/mol. The van der Waals surface area contributed by atoms with E-state index in [-0.39, 0.29) is 17.6 Å². The Bertz CT molecular complexity index is 1400. The van der Waals surface area contributed by atoms with Gasteiger partial charge in [0, 0.05) is 28.5 Å². The molecule has 34 heavy (non-hydrogen) atoms. The molecule has 0 radical (unpaired) electrons. The van der Waals surface area contributed by atoms with Gasteiger partial charge in [-0.05, 0) is 55.0 Å². The quantitative estimate of drug-likeness (QED) is 0.310. The van der Waals surface area contributed by atoms with E-state index in [4.69, 9.17) is 21.1 Å². The van der Waals surface area contributed by atoms with Crippen LogP contribution in [0.4, 0.5) is 5.82 Å². The number of nitrogens with zero attached hydrogens (tertiary/aromatic N) is 1. The maximum absolute atomic E-state index is 12.7. The number of aliphatic hydroxyl groups excluding tert-OH is 1. The molecule has 0 saturated carbocycles. The Balaban J connectivity index is 1.30. The van der Waals surface area contributed by atoms with Gasteiger partial charge in [-0.25, -0.2) is 4.98 Å². The van der Waals surface area contributed by atoms with E-state index < -0.39 is 0 Å². The first-order valence-corrected chi connectivity index (χ1v) is 11.1. The number of amides is 1. The van der Waals surface area contributed by atoms with Crippen molar-refractivity contribution < 1.29 is 19.4 Å². The van der Waals surface area contributed by atoms with Crippen LogP contribution in [-0.4, -0.2) is 22.6 Å². The third kappa shape index (κ3) is 4.40. The molecule has 0 aliphatic carbocycles. The molecule has 1 unspecified atom stereocenters. The molecule has 6 nitrogen and oxygen atoms in total. The lowest BCUT2D eigenvalue weighted by Gasteiger charge is -2.26. The predicted octanol–water partition coefficient (Wildman–Crippen LogP) is 6.87. The first-order chi connectivity index (χ1) is 16.5. The van der Waals surface area contributed by atoms with Gasteiger partial charge in [-0.3, -0.25) is 4.79 Å². The summed E-state index contributed by atoms with van der Waals surface area (Å²) < 4.78 is 11.7. The number of para-hydroxylation sites is 1. The van der Waals surface area contributed by atoms with E-state index in [2.05, 4.69) is 16.9 Å². The minimum atomic E-state index is -0.273. The van der Waals surface area contributed by atoms with Gasteiger partial charge in [0.2, 0.25) is 0 Å². The number of anilines is 1. The lowest BCUT2D eigenvalue weighted by atomic mass is 9.92. The highest BCUT2D eigenvalue weighted by molar-refractivity contribution is 6.32. The minimum absolute atomic E-state index is 0.0852. The van der Waals surface area contributed by atoms with Gasteiger partial charge in [0.05, 0.1) is 22.9 Å². The van der Waals surface area contributed by atoms with Crippen molar-refractivity contribution in [3.8, 4) is 17.2 Å². The molecule has 1 aliphatic heterocycles. The van der Waals surface area contributed by atoms with Crippen LogP contribution in [0.1, 0.15) is 28.3 Å². The van der Waals surface area contributed by atoms with Crippen LogP contribution in [0.2, 0.25) is 5.02 Å². The summed E-state index contributed by atoms with van der Waals surface area (Å²) in [5, 5.41) is 14.1. The van der Waals surface area contributed by atoms with Crippen molar-refractivity contribution in [1.29, 1.82) is 0 Å². The molecule has 1 aromatic heterocycles. The summed E-state index contributed by atoms with van der Waals surface area (Å²) in [6.45, 7) is 4.12. The number of carbonyl (C=O) groups is 1. The molecule has 170 valence electrons. The van der Waals surface area contributed by atoms with Crippen LogP contribution in [0, 0.1) is 0 Å². The van der Waals surface area contributed by atoms with Gasteiger partial charge in [0.1, 0.15) is 23.1 Å². The van der Waals surface area contributed by atoms with Crippen LogP contribution in [-0.2, 0) is 0 Å². The molecule has 4 aromatic rings. The number of hydrogen-bond donors (Lipinski definition) is 2. The first-order valence-electron chi connectivity index (χ1n) is 10.8. The number of carbonyl (C=O) groups excluding carboxylic acids is 1. The summed E-state index contributed by atoms with van der Waals surface area (Å²) >= 11 is 6.43. The summed E-state index contributed by atoms with van der Waals surface area (Å²) in [5.74, 6) is 1.61. The van der Waals surface area contributed by atoms with Gasteiger partial charge in [0.25, 0.3) is 5.91 Å². The molecule has 2 N–H and O–H groups in total. The van der Waals surface area contributed by atoms with E-state index in [0.717, 1.165) is 16.5 Å². The number of rotatable bonds is 5.